The maximum atomic E-state index is 4.38. The quantitative estimate of drug-likeness (QED) is 0.587. The van der Waals surface area contributed by atoms with Crippen LogP contribution in [0.5, 0.6) is 0 Å². The highest BCUT2D eigenvalue weighted by Crippen LogP contribution is 2.35. The van der Waals surface area contributed by atoms with E-state index in [1.165, 1.54) is 44.2 Å². The van der Waals surface area contributed by atoms with Crippen LogP contribution in [0.3, 0.4) is 0 Å². The summed E-state index contributed by atoms with van der Waals surface area (Å²) in [5, 5.41) is 0. The fraction of sp³-hybridized carbons (Fsp3) is 0.812. The summed E-state index contributed by atoms with van der Waals surface area (Å²) >= 11 is 0. The van der Waals surface area contributed by atoms with Crippen molar-refractivity contribution in [2.75, 3.05) is 0 Å². The largest absolute Gasteiger partial charge is 0.332 e. The summed E-state index contributed by atoms with van der Waals surface area (Å²) in [4.78, 5) is 4.38. The summed E-state index contributed by atoms with van der Waals surface area (Å²) < 4.78 is 2.35. The van der Waals surface area contributed by atoms with Gasteiger partial charge in [-0.25, -0.2) is 4.98 Å². The SMILES string of the molecule is CCCCCC(C)(CCC)c1cncn1C(C)C. The van der Waals surface area contributed by atoms with Crippen molar-refractivity contribution in [1.29, 1.82) is 0 Å². The summed E-state index contributed by atoms with van der Waals surface area (Å²) in [7, 11) is 0. The summed E-state index contributed by atoms with van der Waals surface area (Å²) in [5.41, 5.74) is 1.72. The lowest BCUT2D eigenvalue weighted by Crippen LogP contribution is -2.26. The normalized spacial score (nSPS) is 15.0. The van der Waals surface area contributed by atoms with Gasteiger partial charge in [-0.3, -0.25) is 0 Å². The van der Waals surface area contributed by atoms with Crippen LogP contribution in [0.4, 0.5) is 0 Å². The summed E-state index contributed by atoms with van der Waals surface area (Å²) in [5.74, 6) is 0. The molecule has 0 aliphatic heterocycles. The molecule has 0 amide bonds. The van der Waals surface area contributed by atoms with Crippen molar-refractivity contribution < 1.29 is 0 Å². The van der Waals surface area contributed by atoms with Crippen molar-refractivity contribution in [2.24, 2.45) is 0 Å². The van der Waals surface area contributed by atoms with Crippen molar-refractivity contribution in [3.63, 3.8) is 0 Å². The van der Waals surface area contributed by atoms with E-state index < -0.39 is 0 Å². The predicted molar refractivity (Wildman–Crippen MR) is 79.0 cm³/mol. The molecule has 1 atom stereocenters. The van der Waals surface area contributed by atoms with Gasteiger partial charge in [0, 0.05) is 23.3 Å². The lowest BCUT2D eigenvalue weighted by Gasteiger charge is -2.31. The molecule has 1 heterocycles. The maximum Gasteiger partial charge on any atom is 0.0950 e. The third-order valence-corrected chi connectivity index (χ3v) is 3.97. The zero-order valence-electron chi connectivity index (χ0n) is 12.9. The maximum absolute atomic E-state index is 4.38. The molecule has 104 valence electrons. The number of aromatic nitrogens is 2. The van der Waals surface area contributed by atoms with Crippen LogP contribution in [0.25, 0.3) is 0 Å². The van der Waals surface area contributed by atoms with E-state index in [-0.39, 0.29) is 0 Å². The first-order valence-corrected chi connectivity index (χ1v) is 7.57. The van der Waals surface area contributed by atoms with Crippen molar-refractivity contribution in [3.05, 3.63) is 18.2 Å². The summed E-state index contributed by atoms with van der Waals surface area (Å²) in [6.07, 6.45) is 11.8. The fourth-order valence-electron chi connectivity index (χ4n) is 2.88. The van der Waals surface area contributed by atoms with Crippen molar-refractivity contribution in [3.8, 4) is 0 Å². The van der Waals surface area contributed by atoms with Crippen molar-refractivity contribution in [2.45, 2.75) is 84.6 Å². The highest BCUT2D eigenvalue weighted by molar-refractivity contribution is 5.14. The first kappa shape index (κ1) is 15.3. The Morgan fingerprint density at radius 3 is 2.44 bits per heavy atom. The average Bonchev–Trinajstić information content (AvgIpc) is 2.79. The minimum absolute atomic E-state index is 0.296. The molecule has 0 saturated heterocycles. The van der Waals surface area contributed by atoms with E-state index in [1.54, 1.807) is 0 Å². The molecule has 18 heavy (non-hydrogen) atoms. The number of imidazole rings is 1. The van der Waals surface area contributed by atoms with Gasteiger partial charge in [-0.2, -0.15) is 0 Å². The fourth-order valence-corrected chi connectivity index (χ4v) is 2.88. The monoisotopic (exact) mass is 250 g/mol. The molecule has 2 nitrogen and oxygen atoms in total. The van der Waals surface area contributed by atoms with E-state index in [4.69, 9.17) is 0 Å². The van der Waals surface area contributed by atoms with Crippen LogP contribution >= 0.6 is 0 Å². The number of nitrogens with zero attached hydrogens (tertiary/aromatic N) is 2. The number of rotatable bonds is 8. The molecule has 1 rings (SSSR count). The van der Waals surface area contributed by atoms with E-state index in [1.807, 2.05) is 6.33 Å². The third-order valence-electron chi connectivity index (χ3n) is 3.97. The number of unbranched alkanes of at least 4 members (excludes halogenated alkanes) is 2. The molecular formula is C16H30N2. The van der Waals surface area contributed by atoms with E-state index in [9.17, 15) is 0 Å². The van der Waals surface area contributed by atoms with Crippen molar-refractivity contribution >= 4 is 0 Å². The minimum Gasteiger partial charge on any atom is -0.332 e. The van der Waals surface area contributed by atoms with E-state index in [0.29, 0.717) is 11.5 Å². The molecular weight excluding hydrogens is 220 g/mol. The molecule has 0 saturated carbocycles. The Kier molecular flexibility index (Phi) is 5.90. The third kappa shape index (κ3) is 3.60. The lowest BCUT2D eigenvalue weighted by molar-refractivity contribution is 0.348. The molecule has 0 fully saturated rings. The van der Waals surface area contributed by atoms with E-state index in [0.717, 1.165) is 0 Å². The van der Waals surface area contributed by atoms with Gasteiger partial charge >= 0.3 is 0 Å². The van der Waals surface area contributed by atoms with Crippen molar-refractivity contribution in [1.82, 2.24) is 9.55 Å². The standard InChI is InChI=1S/C16H30N2/c1-6-8-9-11-16(5,10-7-2)15-12-17-13-18(15)14(3)4/h12-14H,6-11H2,1-5H3. The topological polar surface area (TPSA) is 17.8 Å². The van der Waals surface area contributed by atoms with Gasteiger partial charge in [-0.05, 0) is 26.7 Å². The Bertz CT molecular complexity index is 341. The van der Waals surface area contributed by atoms with Gasteiger partial charge < -0.3 is 4.57 Å². The van der Waals surface area contributed by atoms with Crippen LogP contribution in [-0.2, 0) is 5.41 Å². The Morgan fingerprint density at radius 2 is 1.89 bits per heavy atom. The Hall–Kier alpha value is -0.790. The molecule has 1 aromatic heterocycles. The van der Waals surface area contributed by atoms with Gasteiger partial charge in [-0.1, -0.05) is 46.5 Å². The molecule has 0 aromatic carbocycles. The molecule has 0 spiro atoms. The summed E-state index contributed by atoms with van der Waals surface area (Å²) in [6.45, 7) is 11.5. The molecule has 0 bridgehead atoms. The van der Waals surface area contributed by atoms with Gasteiger partial charge in [0.25, 0.3) is 0 Å². The lowest BCUT2D eigenvalue weighted by atomic mass is 9.77. The number of hydrogen-bond acceptors (Lipinski definition) is 1. The second kappa shape index (κ2) is 6.96. The first-order chi connectivity index (χ1) is 8.55. The van der Waals surface area contributed by atoms with Crippen LogP contribution in [0.2, 0.25) is 0 Å². The second-order valence-electron chi connectivity index (χ2n) is 6.05. The van der Waals surface area contributed by atoms with Crippen LogP contribution in [0, 0.1) is 0 Å². The Morgan fingerprint density at radius 1 is 1.17 bits per heavy atom. The molecule has 2 heteroatoms. The zero-order chi connectivity index (χ0) is 13.6. The van der Waals surface area contributed by atoms with Crippen LogP contribution in [0.1, 0.15) is 84.9 Å². The van der Waals surface area contributed by atoms with Crippen LogP contribution in [-0.4, -0.2) is 9.55 Å². The van der Waals surface area contributed by atoms with Gasteiger partial charge in [0.15, 0.2) is 0 Å². The average molecular weight is 250 g/mol. The van der Waals surface area contributed by atoms with Crippen LogP contribution in [0.15, 0.2) is 12.5 Å². The van der Waals surface area contributed by atoms with Gasteiger partial charge in [0.1, 0.15) is 0 Å². The van der Waals surface area contributed by atoms with Crippen LogP contribution < -0.4 is 0 Å². The molecule has 0 aliphatic rings. The Balaban J connectivity index is 2.91. The first-order valence-electron chi connectivity index (χ1n) is 7.57. The minimum atomic E-state index is 0.296. The van der Waals surface area contributed by atoms with E-state index >= 15 is 0 Å². The van der Waals surface area contributed by atoms with Gasteiger partial charge in [-0.15, -0.1) is 0 Å². The molecule has 0 radical (unpaired) electrons. The molecule has 0 N–H and O–H groups in total. The highest BCUT2D eigenvalue weighted by Gasteiger charge is 2.29. The highest BCUT2D eigenvalue weighted by atomic mass is 15.1. The molecule has 1 unspecified atom stereocenters. The Labute approximate surface area is 113 Å². The molecule has 0 aliphatic carbocycles. The van der Waals surface area contributed by atoms with Gasteiger partial charge in [0.2, 0.25) is 0 Å². The second-order valence-corrected chi connectivity index (χ2v) is 6.05. The zero-order valence-corrected chi connectivity index (χ0v) is 12.9. The number of hydrogen-bond donors (Lipinski definition) is 0. The summed E-state index contributed by atoms with van der Waals surface area (Å²) in [6, 6.07) is 0.504. The smallest absolute Gasteiger partial charge is 0.0950 e. The molecule has 1 aromatic rings. The predicted octanol–water partition coefficient (Wildman–Crippen LogP) is 5.10. The van der Waals surface area contributed by atoms with Gasteiger partial charge in [0.05, 0.1) is 6.33 Å². The van der Waals surface area contributed by atoms with E-state index in [2.05, 4.69) is 50.4 Å².